The average Bonchev–Trinajstić information content (AvgIpc) is 3.56. The van der Waals surface area contributed by atoms with Crippen molar-refractivity contribution in [1.29, 1.82) is 0 Å². The maximum atomic E-state index is 15.6. The van der Waals surface area contributed by atoms with Crippen LogP contribution in [0.15, 0.2) is 97.7 Å². The molecule has 240 valence electrons. The Kier molecular flexibility index (Phi) is 9.09. The van der Waals surface area contributed by atoms with Gasteiger partial charge in [0.1, 0.15) is 29.2 Å². The van der Waals surface area contributed by atoms with Gasteiger partial charge in [-0.3, -0.25) is 0 Å². The predicted molar refractivity (Wildman–Crippen MR) is 179 cm³/mol. The lowest BCUT2D eigenvalue weighted by Crippen LogP contribution is -2.24. The minimum Gasteiger partial charge on any atom is -0.497 e. The van der Waals surface area contributed by atoms with Crippen molar-refractivity contribution in [2.75, 3.05) is 19.1 Å². The van der Waals surface area contributed by atoms with Crippen molar-refractivity contribution in [2.24, 2.45) is 0 Å². The van der Waals surface area contributed by atoms with Gasteiger partial charge < -0.3 is 19.5 Å². The summed E-state index contributed by atoms with van der Waals surface area (Å²) in [6.45, 7) is 11.8. The lowest BCUT2D eigenvalue weighted by Gasteiger charge is -2.25. The van der Waals surface area contributed by atoms with Crippen LogP contribution in [0.2, 0.25) is 0 Å². The molecule has 0 saturated heterocycles. The maximum Gasteiger partial charge on any atom is 0.222 e. The summed E-state index contributed by atoms with van der Waals surface area (Å²) in [6.07, 6.45) is 1.37. The highest BCUT2D eigenvalue weighted by atomic mass is 19.1. The normalized spacial score (nSPS) is 11.6. The Hall–Kier alpha value is -6.12. The van der Waals surface area contributed by atoms with E-state index in [9.17, 15) is 5.11 Å². The van der Waals surface area contributed by atoms with Crippen LogP contribution >= 0.6 is 0 Å². The van der Waals surface area contributed by atoms with Gasteiger partial charge >= 0.3 is 0 Å². The summed E-state index contributed by atoms with van der Waals surface area (Å²) in [6, 6.07) is 24.0. The van der Waals surface area contributed by atoms with Crippen LogP contribution in [0.25, 0.3) is 27.8 Å². The van der Waals surface area contributed by atoms with Crippen LogP contribution in [0.4, 0.5) is 20.3 Å². The highest BCUT2D eigenvalue weighted by Crippen LogP contribution is 2.34. The molecule has 2 aromatic heterocycles. The van der Waals surface area contributed by atoms with Crippen LogP contribution in [-0.4, -0.2) is 38.9 Å². The first kappa shape index (κ1) is 31.8. The topological polar surface area (TPSA) is 89.4 Å². The first-order valence-electron chi connectivity index (χ1n) is 14.9. The van der Waals surface area contributed by atoms with Crippen molar-refractivity contribution in [1.82, 2.24) is 19.6 Å². The largest absolute Gasteiger partial charge is 0.497 e. The van der Waals surface area contributed by atoms with Crippen molar-refractivity contribution < 1.29 is 23.4 Å². The van der Waals surface area contributed by atoms with Gasteiger partial charge in [0.05, 0.1) is 32.7 Å². The summed E-state index contributed by atoms with van der Waals surface area (Å²) < 4.78 is 42.7. The van der Waals surface area contributed by atoms with Gasteiger partial charge in [-0.15, -0.1) is 5.10 Å². The Morgan fingerprint density at radius 3 is 2.12 bits per heavy atom. The van der Waals surface area contributed by atoms with Gasteiger partial charge in [0.25, 0.3) is 0 Å². The molecule has 6 rings (SSSR count). The molecule has 1 atom stereocenters. The SMILES string of the molecule is [C-]#[N+]c1cccc(-c2cn3nc(C(O)c4c(F)cccc4C=C)nc3c(N(Cc3ccc(OC)cc3)Cc3ccc(OC)cc3)n2)c1F. The molecule has 0 bridgehead atoms. The summed E-state index contributed by atoms with van der Waals surface area (Å²) in [4.78, 5) is 14.8. The van der Waals surface area contributed by atoms with Crippen molar-refractivity contribution in [3.8, 4) is 22.8 Å². The Morgan fingerprint density at radius 1 is 0.917 bits per heavy atom. The number of fused-ring (bicyclic) bond motifs is 1. The van der Waals surface area contributed by atoms with Crippen LogP contribution < -0.4 is 14.4 Å². The fourth-order valence-electron chi connectivity index (χ4n) is 5.41. The number of aliphatic hydroxyl groups excluding tert-OH is 1. The number of aliphatic hydroxyl groups is 1. The molecule has 11 heteroatoms. The number of hydrogen-bond acceptors (Lipinski definition) is 7. The molecule has 0 aliphatic rings. The summed E-state index contributed by atoms with van der Waals surface area (Å²) in [5, 5.41) is 15.9. The van der Waals surface area contributed by atoms with E-state index in [1.807, 2.05) is 53.4 Å². The van der Waals surface area contributed by atoms with Gasteiger partial charge in [-0.25, -0.2) is 28.1 Å². The molecule has 6 aromatic rings. The standard InChI is InChI=1S/C37H30F2N6O3/c1-5-25-8-6-10-29(38)32(25)34(46)35-42-37-36(41-31(22-45(37)43-35)28-9-7-11-30(40-2)33(28)39)44(20-23-12-16-26(47-3)17-13-23)21-24-14-18-27(48-4)19-15-24/h5-19,22,34,46H,1,20-21H2,3-4H3. The molecular formula is C37H30F2N6O3. The zero-order valence-corrected chi connectivity index (χ0v) is 26.1. The molecule has 1 unspecified atom stereocenters. The Bertz CT molecular complexity index is 2090. The molecule has 0 aliphatic carbocycles. The second-order valence-corrected chi connectivity index (χ2v) is 10.8. The fraction of sp³-hybridized carbons (Fsp3) is 0.135. The zero-order valence-electron chi connectivity index (χ0n) is 26.1. The van der Waals surface area contributed by atoms with Crippen LogP contribution in [-0.2, 0) is 13.1 Å². The number of methoxy groups -OCH3 is 2. The molecule has 0 radical (unpaired) electrons. The molecule has 0 aliphatic heterocycles. The molecule has 0 saturated carbocycles. The number of anilines is 1. The smallest absolute Gasteiger partial charge is 0.222 e. The minimum absolute atomic E-state index is 0.0257. The van der Waals surface area contributed by atoms with Crippen LogP contribution in [0.3, 0.4) is 0 Å². The molecule has 0 fully saturated rings. The summed E-state index contributed by atoms with van der Waals surface area (Å²) in [7, 11) is 3.19. The van der Waals surface area contributed by atoms with Crippen molar-refractivity contribution >= 4 is 23.2 Å². The quantitative estimate of drug-likeness (QED) is 0.146. The van der Waals surface area contributed by atoms with E-state index in [2.05, 4.69) is 21.5 Å². The van der Waals surface area contributed by atoms with Gasteiger partial charge in [-0.1, -0.05) is 67.3 Å². The highest BCUT2D eigenvalue weighted by Gasteiger charge is 2.26. The van der Waals surface area contributed by atoms with Gasteiger partial charge in [-0.2, -0.15) is 0 Å². The van der Waals surface area contributed by atoms with E-state index in [-0.39, 0.29) is 34.0 Å². The molecule has 0 amide bonds. The first-order chi connectivity index (χ1) is 23.3. The van der Waals surface area contributed by atoms with E-state index < -0.39 is 17.7 Å². The van der Waals surface area contributed by atoms with E-state index in [4.69, 9.17) is 21.0 Å². The number of halogens is 2. The molecule has 4 aromatic carbocycles. The Labute approximate surface area is 275 Å². The van der Waals surface area contributed by atoms with Crippen LogP contribution in [0.5, 0.6) is 11.5 Å². The van der Waals surface area contributed by atoms with Gasteiger partial charge in [-0.05, 0) is 47.0 Å². The van der Waals surface area contributed by atoms with E-state index in [0.29, 0.717) is 36.0 Å². The predicted octanol–water partition coefficient (Wildman–Crippen LogP) is 7.57. The summed E-state index contributed by atoms with van der Waals surface area (Å²) in [5.74, 6) is 0.242. The third-order valence-electron chi connectivity index (χ3n) is 7.88. The number of ether oxygens (including phenoxy) is 2. The fourth-order valence-corrected chi connectivity index (χ4v) is 5.41. The second kappa shape index (κ2) is 13.7. The number of benzene rings is 4. The lowest BCUT2D eigenvalue weighted by atomic mass is 10.0. The van der Waals surface area contributed by atoms with Crippen molar-refractivity contribution in [3.05, 3.63) is 149 Å². The number of aromatic nitrogens is 4. The number of hydrogen-bond donors (Lipinski definition) is 1. The van der Waals surface area contributed by atoms with Crippen LogP contribution in [0, 0.1) is 18.2 Å². The molecule has 48 heavy (non-hydrogen) atoms. The van der Waals surface area contributed by atoms with Gasteiger partial charge in [0, 0.05) is 24.2 Å². The zero-order chi connectivity index (χ0) is 33.8. The Balaban J connectivity index is 1.56. The molecule has 9 nitrogen and oxygen atoms in total. The van der Waals surface area contributed by atoms with E-state index in [1.54, 1.807) is 26.4 Å². The monoisotopic (exact) mass is 644 g/mol. The third kappa shape index (κ3) is 6.29. The molecule has 0 spiro atoms. The number of rotatable bonds is 11. The van der Waals surface area contributed by atoms with Gasteiger partial charge in [0.15, 0.2) is 17.3 Å². The third-order valence-corrected chi connectivity index (χ3v) is 7.88. The minimum atomic E-state index is -1.55. The van der Waals surface area contributed by atoms with Crippen molar-refractivity contribution in [2.45, 2.75) is 19.2 Å². The Morgan fingerprint density at radius 2 is 1.54 bits per heavy atom. The molecule has 1 N–H and O–H groups in total. The lowest BCUT2D eigenvalue weighted by molar-refractivity contribution is 0.204. The van der Waals surface area contributed by atoms with E-state index in [0.717, 1.165) is 11.1 Å². The molecular weight excluding hydrogens is 614 g/mol. The maximum absolute atomic E-state index is 15.6. The highest BCUT2D eigenvalue weighted by molar-refractivity contribution is 5.73. The van der Waals surface area contributed by atoms with E-state index >= 15 is 8.78 Å². The van der Waals surface area contributed by atoms with Crippen molar-refractivity contribution in [3.63, 3.8) is 0 Å². The number of nitrogens with zero attached hydrogens (tertiary/aromatic N) is 6. The summed E-state index contributed by atoms with van der Waals surface area (Å²) >= 11 is 0. The molecule has 2 heterocycles. The van der Waals surface area contributed by atoms with E-state index in [1.165, 1.54) is 41.1 Å². The second-order valence-electron chi connectivity index (χ2n) is 10.8. The van der Waals surface area contributed by atoms with Gasteiger partial charge in [0.2, 0.25) is 5.69 Å². The first-order valence-corrected chi connectivity index (χ1v) is 14.9. The van der Waals surface area contributed by atoms with Crippen LogP contribution in [0.1, 0.15) is 34.2 Å². The average molecular weight is 645 g/mol. The summed E-state index contributed by atoms with van der Waals surface area (Å²) in [5.41, 5.74) is 2.54.